The van der Waals surface area contributed by atoms with Gasteiger partial charge in [-0.25, -0.2) is 13.1 Å². The molecule has 0 atom stereocenters. The molecule has 0 aliphatic heterocycles. The Hall–Kier alpha value is -1.60. The molecule has 0 aliphatic carbocycles. The maximum absolute atomic E-state index is 11.9. The minimum absolute atomic E-state index is 0.0739. The highest BCUT2D eigenvalue weighted by Crippen LogP contribution is 2.13. The topological polar surface area (TPSA) is 87.3 Å². The highest BCUT2D eigenvalue weighted by Gasteiger charge is 2.12. The van der Waals surface area contributed by atoms with Crippen molar-refractivity contribution < 1.29 is 13.2 Å². The zero-order valence-electron chi connectivity index (χ0n) is 11.8. The second-order valence-corrected chi connectivity index (χ2v) is 6.10. The summed E-state index contributed by atoms with van der Waals surface area (Å²) >= 11 is 0. The minimum atomic E-state index is -3.41. The molecule has 0 saturated carbocycles. The first-order chi connectivity index (χ1) is 9.45. The van der Waals surface area contributed by atoms with E-state index in [9.17, 15) is 13.2 Å². The Bertz CT molecular complexity index is 526. The number of hydrogen-bond donors (Lipinski definition) is 3. The minimum Gasteiger partial charge on any atom is -0.383 e. The maximum Gasteiger partial charge on any atom is 0.240 e. The van der Waals surface area contributed by atoms with Gasteiger partial charge in [0, 0.05) is 32.2 Å². The smallest absolute Gasteiger partial charge is 0.240 e. The lowest BCUT2D eigenvalue weighted by Gasteiger charge is -2.09. The van der Waals surface area contributed by atoms with Crippen LogP contribution in [0.25, 0.3) is 0 Å². The standard InChI is InChI=1S/C13H21N3O3S/c1-3-8-16-20(18,19)13-6-4-12(5-7-13)15-10-9-14-11(2)17/h4-7,15-16H,3,8-10H2,1-2H3,(H,14,17). The molecule has 1 aromatic rings. The maximum atomic E-state index is 11.9. The van der Waals surface area contributed by atoms with Crippen LogP contribution >= 0.6 is 0 Å². The Morgan fingerprint density at radius 1 is 1.10 bits per heavy atom. The average Bonchev–Trinajstić information content (AvgIpc) is 2.42. The summed E-state index contributed by atoms with van der Waals surface area (Å²) in [7, 11) is -3.41. The van der Waals surface area contributed by atoms with Crippen molar-refractivity contribution in [3.63, 3.8) is 0 Å². The number of amides is 1. The first-order valence-electron chi connectivity index (χ1n) is 6.53. The number of anilines is 1. The van der Waals surface area contributed by atoms with Gasteiger partial charge in [-0.3, -0.25) is 4.79 Å². The molecule has 0 saturated heterocycles. The predicted molar refractivity (Wildman–Crippen MR) is 79.1 cm³/mol. The van der Waals surface area contributed by atoms with E-state index in [4.69, 9.17) is 0 Å². The zero-order valence-corrected chi connectivity index (χ0v) is 12.6. The first-order valence-corrected chi connectivity index (χ1v) is 8.02. The number of rotatable bonds is 8. The van der Waals surface area contributed by atoms with Crippen LogP contribution in [-0.4, -0.2) is 34.0 Å². The van der Waals surface area contributed by atoms with Gasteiger partial charge in [-0.05, 0) is 30.7 Å². The first kappa shape index (κ1) is 16.5. The van der Waals surface area contributed by atoms with Gasteiger partial charge in [0.15, 0.2) is 0 Å². The van der Waals surface area contributed by atoms with Crippen LogP contribution in [0.2, 0.25) is 0 Å². The molecule has 0 aromatic heterocycles. The SMILES string of the molecule is CCCNS(=O)(=O)c1ccc(NCCNC(C)=O)cc1. The van der Waals surface area contributed by atoms with E-state index in [-0.39, 0.29) is 10.8 Å². The number of hydrogen-bond acceptors (Lipinski definition) is 4. The van der Waals surface area contributed by atoms with Gasteiger partial charge in [0.1, 0.15) is 0 Å². The van der Waals surface area contributed by atoms with Crippen LogP contribution in [0, 0.1) is 0 Å². The van der Waals surface area contributed by atoms with E-state index in [0.717, 1.165) is 12.1 Å². The van der Waals surface area contributed by atoms with E-state index in [1.807, 2.05) is 6.92 Å². The summed E-state index contributed by atoms with van der Waals surface area (Å²) in [5.41, 5.74) is 0.810. The summed E-state index contributed by atoms with van der Waals surface area (Å²) in [6.45, 7) is 4.90. The van der Waals surface area contributed by atoms with Crippen molar-refractivity contribution in [2.24, 2.45) is 0 Å². The molecule has 1 aromatic carbocycles. The quantitative estimate of drug-likeness (QED) is 0.623. The Balaban J connectivity index is 2.53. The highest BCUT2D eigenvalue weighted by atomic mass is 32.2. The van der Waals surface area contributed by atoms with E-state index < -0.39 is 10.0 Å². The second kappa shape index (κ2) is 7.86. The van der Waals surface area contributed by atoms with Crippen LogP contribution < -0.4 is 15.4 Å². The largest absolute Gasteiger partial charge is 0.383 e. The van der Waals surface area contributed by atoms with Crippen molar-refractivity contribution in [3.8, 4) is 0 Å². The summed E-state index contributed by atoms with van der Waals surface area (Å²) in [4.78, 5) is 10.9. The Labute approximate surface area is 120 Å². The molecular weight excluding hydrogens is 278 g/mol. The molecule has 0 aliphatic rings. The Morgan fingerprint density at radius 2 is 1.75 bits per heavy atom. The predicted octanol–water partition coefficient (Wildman–Crippen LogP) is 0.923. The summed E-state index contributed by atoms with van der Waals surface area (Å²) in [6, 6.07) is 6.51. The van der Waals surface area contributed by atoms with Crippen molar-refractivity contribution in [1.29, 1.82) is 0 Å². The number of carbonyl (C=O) groups is 1. The third-order valence-corrected chi connectivity index (χ3v) is 4.01. The van der Waals surface area contributed by atoms with Crippen LogP contribution in [0.5, 0.6) is 0 Å². The molecule has 0 spiro atoms. The zero-order chi connectivity index (χ0) is 15.0. The molecule has 0 heterocycles. The van der Waals surface area contributed by atoms with E-state index in [0.29, 0.717) is 19.6 Å². The summed E-state index contributed by atoms with van der Waals surface area (Å²) in [5.74, 6) is -0.0739. The number of carbonyl (C=O) groups excluding carboxylic acids is 1. The van der Waals surface area contributed by atoms with Gasteiger partial charge >= 0.3 is 0 Å². The molecule has 1 amide bonds. The van der Waals surface area contributed by atoms with Crippen LogP contribution in [-0.2, 0) is 14.8 Å². The molecule has 112 valence electrons. The molecule has 0 bridgehead atoms. The normalized spacial score (nSPS) is 11.1. The van der Waals surface area contributed by atoms with Crippen molar-refractivity contribution in [1.82, 2.24) is 10.0 Å². The van der Waals surface area contributed by atoms with Crippen LogP contribution in [0.15, 0.2) is 29.2 Å². The monoisotopic (exact) mass is 299 g/mol. The van der Waals surface area contributed by atoms with E-state index in [1.54, 1.807) is 24.3 Å². The van der Waals surface area contributed by atoms with Gasteiger partial charge in [0.2, 0.25) is 15.9 Å². The molecule has 7 heteroatoms. The van der Waals surface area contributed by atoms with Gasteiger partial charge in [-0.2, -0.15) is 0 Å². The van der Waals surface area contributed by atoms with Crippen LogP contribution in [0.3, 0.4) is 0 Å². The summed E-state index contributed by atoms with van der Waals surface area (Å²) in [6.07, 6.45) is 0.752. The van der Waals surface area contributed by atoms with Gasteiger partial charge in [-0.15, -0.1) is 0 Å². The lowest BCUT2D eigenvalue weighted by Crippen LogP contribution is -2.26. The average molecular weight is 299 g/mol. The van der Waals surface area contributed by atoms with Gasteiger partial charge < -0.3 is 10.6 Å². The number of benzene rings is 1. The van der Waals surface area contributed by atoms with Crippen LogP contribution in [0.4, 0.5) is 5.69 Å². The third kappa shape index (κ3) is 5.58. The van der Waals surface area contributed by atoms with Crippen molar-refractivity contribution in [2.75, 3.05) is 25.0 Å². The fraction of sp³-hybridized carbons (Fsp3) is 0.462. The number of sulfonamides is 1. The van der Waals surface area contributed by atoms with Gasteiger partial charge in [0.05, 0.1) is 4.90 Å². The lowest BCUT2D eigenvalue weighted by molar-refractivity contribution is -0.118. The Kier molecular flexibility index (Phi) is 6.47. The fourth-order valence-corrected chi connectivity index (χ4v) is 2.65. The molecular formula is C13H21N3O3S. The number of nitrogens with one attached hydrogen (secondary N) is 3. The van der Waals surface area contributed by atoms with Gasteiger partial charge in [-0.1, -0.05) is 6.92 Å². The summed E-state index contributed by atoms with van der Waals surface area (Å²) in [5, 5.41) is 5.76. The van der Waals surface area contributed by atoms with E-state index in [2.05, 4.69) is 15.4 Å². The lowest BCUT2D eigenvalue weighted by atomic mass is 10.3. The molecule has 6 nitrogen and oxygen atoms in total. The van der Waals surface area contributed by atoms with Crippen molar-refractivity contribution in [2.45, 2.75) is 25.2 Å². The fourth-order valence-electron chi connectivity index (χ4n) is 1.52. The molecule has 0 radical (unpaired) electrons. The molecule has 0 unspecified atom stereocenters. The third-order valence-electron chi connectivity index (χ3n) is 2.53. The highest BCUT2D eigenvalue weighted by molar-refractivity contribution is 7.89. The van der Waals surface area contributed by atoms with Crippen molar-refractivity contribution >= 4 is 21.6 Å². The molecule has 20 heavy (non-hydrogen) atoms. The van der Waals surface area contributed by atoms with E-state index in [1.165, 1.54) is 6.92 Å². The van der Waals surface area contributed by atoms with Crippen LogP contribution in [0.1, 0.15) is 20.3 Å². The molecule has 3 N–H and O–H groups in total. The summed E-state index contributed by atoms with van der Waals surface area (Å²) < 4.78 is 26.2. The van der Waals surface area contributed by atoms with E-state index >= 15 is 0 Å². The molecule has 0 fully saturated rings. The van der Waals surface area contributed by atoms with Crippen molar-refractivity contribution in [3.05, 3.63) is 24.3 Å². The van der Waals surface area contributed by atoms with Gasteiger partial charge in [0.25, 0.3) is 0 Å². The second-order valence-electron chi connectivity index (χ2n) is 4.33. The Morgan fingerprint density at radius 3 is 2.30 bits per heavy atom. The molecule has 1 rings (SSSR count).